The first kappa shape index (κ1) is 19.5. The molecular formula is C19H17Cl2N3O2S. The summed E-state index contributed by atoms with van der Waals surface area (Å²) < 4.78 is 10.6. The fourth-order valence-corrected chi connectivity index (χ4v) is 3.33. The van der Waals surface area contributed by atoms with Gasteiger partial charge in [-0.3, -0.25) is 5.43 Å². The number of ether oxygens (including phenoxy) is 2. The number of benzene rings is 2. The van der Waals surface area contributed by atoms with Crippen LogP contribution < -0.4 is 14.9 Å². The lowest BCUT2D eigenvalue weighted by atomic mass is 10.1. The fourth-order valence-electron chi connectivity index (χ4n) is 2.37. The monoisotopic (exact) mass is 421 g/mol. The molecule has 5 nitrogen and oxygen atoms in total. The Morgan fingerprint density at radius 2 is 1.81 bits per heavy atom. The summed E-state index contributed by atoms with van der Waals surface area (Å²) in [4.78, 5) is 4.53. The van der Waals surface area contributed by atoms with Gasteiger partial charge in [0, 0.05) is 16.5 Å². The molecule has 0 aliphatic carbocycles. The van der Waals surface area contributed by atoms with Crippen molar-refractivity contribution < 1.29 is 9.47 Å². The number of nitrogens with zero attached hydrogens (tertiary/aromatic N) is 2. The molecule has 0 aliphatic rings. The summed E-state index contributed by atoms with van der Waals surface area (Å²) in [7, 11) is 3.21. The van der Waals surface area contributed by atoms with Crippen LogP contribution in [0, 0.1) is 0 Å². The molecule has 0 unspecified atom stereocenters. The number of halogens is 2. The lowest BCUT2D eigenvalue weighted by Gasteiger charge is -2.09. The second-order valence-electron chi connectivity index (χ2n) is 5.55. The van der Waals surface area contributed by atoms with Gasteiger partial charge in [-0.05, 0) is 37.3 Å². The average Bonchev–Trinajstić information content (AvgIpc) is 3.16. The molecule has 0 fully saturated rings. The topological polar surface area (TPSA) is 55.7 Å². The van der Waals surface area contributed by atoms with Crippen LogP contribution in [0.15, 0.2) is 46.9 Å². The molecule has 0 aliphatic heterocycles. The Hall–Kier alpha value is -2.28. The molecule has 0 saturated carbocycles. The molecule has 3 aromatic rings. The highest BCUT2D eigenvalue weighted by Crippen LogP contribution is 2.31. The Balaban J connectivity index is 1.76. The molecule has 0 radical (unpaired) electrons. The van der Waals surface area contributed by atoms with Crippen molar-refractivity contribution in [2.24, 2.45) is 5.10 Å². The summed E-state index contributed by atoms with van der Waals surface area (Å²) in [6.45, 7) is 1.90. The maximum absolute atomic E-state index is 6.07. The summed E-state index contributed by atoms with van der Waals surface area (Å²) >= 11 is 13.5. The smallest absolute Gasteiger partial charge is 0.203 e. The number of aromatic nitrogens is 1. The highest BCUT2D eigenvalue weighted by Gasteiger charge is 2.08. The van der Waals surface area contributed by atoms with E-state index in [0.717, 1.165) is 22.5 Å². The van der Waals surface area contributed by atoms with Crippen molar-refractivity contribution in [2.75, 3.05) is 19.6 Å². The van der Waals surface area contributed by atoms with E-state index in [1.807, 2.05) is 36.6 Å². The van der Waals surface area contributed by atoms with Crippen molar-refractivity contribution in [3.05, 3.63) is 57.4 Å². The van der Waals surface area contributed by atoms with E-state index in [1.54, 1.807) is 26.4 Å². The van der Waals surface area contributed by atoms with Gasteiger partial charge in [0.05, 0.1) is 35.7 Å². The number of nitrogens with one attached hydrogen (secondary N) is 1. The van der Waals surface area contributed by atoms with Crippen molar-refractivity contribution in [1.82, 2.24) is 4.98 Å². The molecule has 8 heteroatoms. The molecule has 3 rings (SSSR count). The number of anilines is 1. The molecule has 140 valence electrons. The summed E-state index contributed by atoms with van der Waals surface area (Å²) in [6.07, 6.45) is 0. The first-order chi connectivity index (χ1) is 13.0. The van der Waals surface area contributed by atoms with Gasteiger partial charge in [-0.15, -0.1) is 11.3 Å². The van der Waals surface area contributed by atoms with E-state index in [-0.39, 0.29) is 0 Å². The highest BCUT2D eigenvalue weighted by atomic mass is 35.5. The second kappa shape index (κ2) is 8.61. The van der Waals surface area contributed by atoms with E-state index in [4.69, 9.17) is 32.7 Å². The third-order valence-electron chi connectivity index (χ3n) is 3.84. The average molecular weight is 422 g/mol. The minimum absolute atomic E-state index is 0.499. The largest absolute Gasteiger partial charge is 0.493 e. The number of rotatable bonds is 6. The van der Waals surface area contributed by atoms with E-state index < -0.39 is 0 Å². The Morgan fingerprint density at radius 1 is 1.04 bits per heavy atom. The predicted octanol–water partition coefficient (Wildman–Crippen LogP) is 5.97. The summed E-state index contributed by atoms with van der Waals surface area (Å²) in [5.41, 5.74) is 6.40. The Bertz CT molecular complexity index is 989. The third kappa shape index (κ3) is 4.53. The summed E-state index contributed by atoms with van der Waals surface area (Å²) in [5.74, 6) is 1.33. The van der Waals surface area contributed by atoms with Gasteiger partial charge in [0.25, 0.3) is 0 Å². The fraction of sp³-hybridized carbons (Fsp3) is 0.158. The molecule has 1 heterocycles. The zero-order valence-electron chi connectivity index (χ0n) is 14.9. The summed E-state index contributed by atoms with van der Waals surface area (Å²) in [6, 6.07) is 11.1. The van der Waals surface area contributed by atoms with Crippen LogP contribution in [-0.4, -0.2) is 24.9 Å². The molecule has 0 atom stereocenters. The first-order valence-electron chi connectivity index (χ1n) is 7.95. The Kier molecular flexibility index (Phi) is 6.21. The van der Waals surface area contributed by atoms with Gasteiger partial charge >= 0.3 is 0 Å². The van der Waals surface area contributed by atoms with E-state index in [9.17, 15) is 0 Å². The second-order valence-corrected chi connectivity index (χ2v) is 7.22. The molecule has 27 heavy (non-hydrogen) atoms. The van der Waals surface area contributed by atoms with Crippen molar-refractivity contribution in [1.29, 1.82) is 0 Å². The predicted molar refractivity (Wildman–Crippen MR) is 113 cm³/mol. The van der Waals surface area contributed by atoms with Crippen molar-refractivity contribution in [3.63, 3.8) is 0 Å². The standard InChI is InChI=1S/C19H17Cl2N3O2S/c1-11(12-5-7-17(25-2)18(9-12)26-3)23-24-19-22-16(10-27-19)13-4-6-14(20)15(21)8-13/h4-10H,1-3H3,(H,22,24)/b23-11-. The normalized spacial score (nSPS) is 11.4. The number of hydrogen-bond acceptors (Lipinski definition) is 6. The SMILES string of the molecule is COc1ccc(/C(C)=N\Nc2nc(-c3ccc(Cl)c(Cl)c3)cs2)cc1OC. The maximum atomic E-state index is 6.07. The molecule has 0 saturated heterocycles. The highest BCUT2D eigenvalue weighted by molar-refractivity contribution is 7.14. The Labute approximate surface area is 171 Å². The van der Waals surface area contributed by atoms with Crippen LogP contribution in [0.2, 0.25) is 10.0 Å². The van der Waals surface area contributed by atoms with Crippen LogP contribution in [-0.2, 0) is 0 Å². The minimum Gasteiger partial charge on any atom is -0.493 e. The summed E-state index contributed by atoms with van der Waals surface area (Å²) in [5, 5.41) is 8.03. The maximum Gasteiger partial charge on any atom is 0.203 e. The van der Waals surface area contributed by atoms with Gasteiger partial charge in [0.1, 0.15) is 0 Å². The minimum atomic E-state index is 0.499. The van der Waals surface area contributed by atoms with Crippen LogP contribution in [0.3, 0.4) is 0 Å². The quantitative estimate of drug-likeness (QED) is 0.393. The van der Waals surface area contributed by atoms with Crippen molar-refractivity contribution >= 4 is 45.4 Å². The van der Waals surface area contributed by atoms with Gasteiger partial charge in [-0.1, -0.05) is 29.3 Å². The van der Waals surface area contributed by atoms with Gasteiger partial charge in [0.2, 0.25) is 5.13 Å². The van der Waals surface area contributed by atoms with E-state index >= 15 is 0 Å². The number of hydrogen-bond donors (Lipinski definition) is 1. The molecule has 0 bridgehead atoms. The number of hydrazone groups is 1. The molecule has 2 aromatic carbocycles. The number of thiazole rings is 1. The molecule has 0 amide bonds. The van der Waals surface area contributed by atoms with Gasteiger partial charge < -0.3 is 9.47 Å². The van der Waals surface area contributed by atoms with E-state index in [0.29, 0.717) is 26.7 Å². The van der Waals surface area contributed by atoms with Gasteiger partial charge in [-0.2, -0.15) is 5.10 Å². The van der Waals surface area contributed by atoms with Gasteiger partial charge in [0.15, 0.2) is 11.5 Å². The van der Waals surface area contributed by atoms with Crippen LogP contribution in [0.25, 0.3) is 11.3 Å². The molecule has 1 aromatic heterocycles. The molecule has 0 spiro atoms. The van der Waals surface area contributed by atoms with E-state index in [1.165, 1.54) is 11.3 Å². The molecular weight excluding hydrogens is 405 g/mol. The van der Waals surface area contributed by atoms with Crippen LogP contribution in [0.5, 0.6) is 11.5 Å². The first-order valence-corrected chi connectivity index (χ1v) is 9.59. The molecule has 1 N–H and O–H groups in total. The lowest BCUT2D eigenvalue weighted by molar-refractivity contribution is 0.355. The van der Waals surface area contributed by atoms with Crippen molar-refractivity contribution in [2.45, 2.75) is 6.92 Å². The van der Waals surface area contributed by atoms with Gasteiger partial charge in [-0.25, -0.2) is 4.98 Å². The lowest BCUT2D eigenvalue weighted by Crippen LogP contribution is -2.01. The van der Waals surface area contributed by atoms with Crippen LogP contribution >= 0.6 is 34.5 Å². The van der Waals surface area contributed by atoms with Crippen LogP contribution in [0.4, 0.5) is 5.13 Å². The third-order valence-corrected chi connectivity index (χ3v) is 5.33. The zero-order chi connectivity index (χ0) is 19.4. The van der Waals surface area contributed by atoms with Crippen LogP contribution in [0.1, 0.15) is 12.5 Å². The Morgan fingerprint density at radius 3 is 2.52 bits per heavy atom. The van der Waals surface area contributed by atoms with Crippen molar-refractivity contribution in [3.8, 4) is 22.8 Å². The van der Waals surface area contributed by atoms with E-state index in [2.05, 4.69) is 15.5 Å². The number of methoxy groups -OCH3 is 2. The zero-order valence-corrected chi connectivity index (χ0v) is 17.2.